The van der Waals surface area contributed by atoms with Crippen LogP contribution in [0.25, 0.3) is 0 Å². The number of aliphatic hydroxyl groups excluding tert-OH is 4. The van der Waals surface area contributed by atoms with Gasteiger partial charge in [0.1, 0.15) is 31.0 Å². The minimum atomic E-state index is -1.59. The van der Waals surface area contributed by atoms with E-state index >= 15 is 0 Å². The van der Waals surface area contributed by atoms with Gasteiger partial charge in [-0.1, -0.05) is 154 Å². The summed E-state index contributed by atoms with van der Waals surface area (Å²) < 4.78 is 22.1. The molecule has 0 aromatic carbocycles. The van der Waals surface area contributed by atoms with Crippen LogP contribution in [-0.4, -0.2) is 89.0 Å². The Morgan fingerprint density at radius 2 is 1.00 bits per heavy atom. The highest BCUT2D eigenvalue weighted by molar-refractivity contribution is 5.70. The summed E-state index contributed by atoms with van der Waals surface area (Å²) >= 11 is 0. The Bertz CT molecular complexity index is 881. The van der Waals surface area contributed by atoms with Crippen molar-refractivity contribution in [2.45, 2.75) is 230 Å². The summed E-state index contributed by atoms with van der Waals surface area (Å²) in [5.41, 5.74) is 0. The third-order valence-corrected chi connectivity index (χ3v) is 10.2. The Morgan fingerprint density at radius 3 is 1.49 bits per heavy atom. The van der Waals surface area contributed by atoms with Gasteiger partial charge in [-0.25, -0.2) is 0 Å². The van der Waals surface area contributed by atoms with Crippen LogP contribution in [0, 0.1) is 0 Å². The topological polar surface area (TPSA) is 152 Å². The molecule has 0 bridgehead atoms. The molecule has 53 heavy (non-hydrogen) atoms. The van der Waals surface area contributed by atoms with Crippen molar-refractivity contribution in [3.8, 4) is 0 Å². The summed E-state index contributed by atoms with van der Waals surface area (Å²) in [7, 11) is 0. The van der Waals surface area contributed by atoms with E-state index in [4.69, 9.17) is 18.9 Å². The van der Waals surface area contributed by atoms with Crippen LogP contribution < -0.4 is 0 Å². The Morgan fingerprint density at radius 1 is 0.566 bits per heavy atom. The second kappa shape index (κ2) is 34.9. The monoisotopic (exact) mass is 757 g/mol. The summed E-state index contributed by atoms with van der Waals surface area (Å²) in [6, 6.07) is 0. The number of allylic oxidation sites excluding steroid dienone is 2. The molecule has 0 unspecified atom stereocenters. The number of hydrogen-bond donors (Lipinski definition) is 4. The predicted molar refractivity (Wildman–Crippen MR) is 210 cm³/mol. The van der Waals surface area contributed by atoms with Crippen LogP contribution in [-0.2, 0) is 28.5 Å². The number of hydrogen-bond acceptors (Lipinski definition) is 10. The van der Waals surface area contributed by atoms with Crippen molar-refractivity contribution >= 4 is 11.9 Å². The van der Waals surface area contributed by atoms with Crippen molar-refractivity contribution in [3.05, 3.63) is 12.2 Å². The molecule has 1 rings (SSSR count). The average Bonchev–Trinajstić information content (AvgIpc) is 3.15. The van der Waals surface area contributed by atoms with E-state index in [-0.39, 0.29) is 32.0 Å². The van der Waals surface area contributed by atoms with Gasteiger partial charge in [-0.3, -0.25) is 9.59 Å². The molecule has 1 fully saturated rings. The Balaban J connectivity index is 2.34. The predicted octanol–water partition coefficient (Wildman–Crippen LogP) is 8.78. The molecule has 0 radical (unpaired) electrons. The maximum absolute atomic E-state index is 12.7. The Hall–Kier alpha value is -1.56. The third-order valence-electron chi connectivity index (χ3n) is 10.2. The first kappa shape index (κ1) is 49.5. The molecule has 1 heterocycles. The molecule has 0 aromatic rings. The first-order valence-corrected chi connectivity index (χ1v) is 21.8. The molecule has 1 aliphatic rings. The lowest BCUT2D eigenvalue weighted by Crippen LogP contribution is -2.59. The van der Waals surface area contributed by atoms with Crippen molar-refractivity contribution in [2.75, 3.05) is 19.8 Å². The number of aliphatic hydroxyl groups is 4. The number of ether oxygens (including phenoxy) is 4. The molecule has 1 aliphatic heterocycles. The minimum Gasteiger partial charge on any atom is -0.462 e. The molecule has 10 nitrogen and oxygen atoms in total. The average molecular weight is 757 g/mol. The van der Waals surface area contributed by atoms with E-state index in [1.54, 1.807) is 0 Å². The normalized spacial score (nSPS) is 20.9. The lowest BCUT2D eigenvalue weighted by Gasteiger charge is -2.39. The van der Waals surface area contributed by atoms with Crippen LogP contribution in [0.15, 0.2) is 12.2 Å². The van der Waals surface area contributed by atoms with Gasteiger partial charge >= 0.3 is 11.9 Å². The van der Waals surface area contributed by atoms with Crippen molar-refractivity contribution in [3.63, 3.8) is 0 Å². The van der Waals surface area contributed by atoms with Crippen LogP contribution >= 0.6 is 0 Å². The number of carbonyl (C=O) groups is 2. The summed E-state index contributed by atoms with van der Waals surface area (Å²) in [6.07, 6.45) is 27.8. The first-order chi connectivity index (χ1) is 25.8. The molecule has 0 saturated carbocycles. The van der Waals surface area contributed by atoms with Gasteiger partial charge in [0.05, 0.1) is 13.2 Å². The molecule has 0 amide bonds. The second-order valence-corrected chi connectivity index (χ2v) is 15.2. The third kappa shape index (κ3) is 26.8. The van der Waals surface area contributed by atoms with E-state index in [1.807, 2.05) is 0 Å². The molecular formula is C43H80O10. The fourth-order valence-corrected chi connectivity index (χ4v) is 6.65. The van der Waals surface area contributed by atoms with Crippen molar-refractivity contribution in [1.29, 1.82) is 0 Å². The van der Waals surface area contributed by atoms with Gasteiger partial charge in [-0.2, -0.15) is 0 Å². The van der Waals surface area contributed by atoms with E-state index in [9.17, 15) is 30.0 Å². The molecular weight excluding hydrogens is 676 g/mol. The number of carbonyl (C=O) groups excluding carboxylic acids is 2. The van der Waals surface area contributed by atoms with Gasteiger partial charge < -0.3 is 39.4 Å². The number of rotatable bonds is 36. The first-order valence-electron chi connectivity index (χ1n) is 21.8. The number of unbranched alkanes of at least 4 members (excludes halogenated alkanes) is 23. The lowest BCUT2D eigenvalue weighted by molar-refractivity contribution is -0.305. The van der Waals surface area contributed by atoms with E-state index in [2.05, 4.69) is 26.0 Å². The van der Waals surface area contributed by atoms with Gasteiger partial charge in [0.15, 0.2) is 12.4 Å². The smallest absolute Gasteiger partial charge is 0.306 e. The highest BCUT2D eigenvalue weighted by Gasteiger charge is 2.44. The van der Waals surface area contributed by atoms with E-state index in [1.165, 1.54) is 109 Å². The summed E-state index contributed by atoms with van der Waals surface area (Å²) in [5.74, 6) is -0.804. The maximum atomic E-state index is 12.7. The van der Waals surface area contributed by atoms with E-state index < -0.39 is 49.4 Å². The van der Waals surface area contributed by atoms with Crippen LogP contribution in [0.3, 0.4) is 0 Å². The summed E-state index contributed by atoms with van der Waals surface area (Å²) in [4.78, 5) is 25.3. The molecule has 0 aliphatic carbocycles. The number of esters is 2. The molecule has 0 spiro atoms. The molecule has 0 aromatic heterocycles. The zero-order valence-corrected chi connectivity index (χ0v) is 33.8. The van der Waals surface area contributed by atoms with Crippen LogP contribution in [0.1, 0.15) is 194 Å². The van der Waals surface area contributed by atoms with Gasteiger partial charge in [0.2, 0.25) is 0 Å². The molecule has 4 N–H and O–H groups in total. The van der Waals surface area contributed by atoms with Gasteiger partial charge in [-0.15, -0.1) is 0 Å². The quantitative estimate of drug-likeness (QED) is 0.0277. The molecule has 312 valence electrons. The van der Waals surface area contributed by atoms with Crippen molar-refractivity contribution < 1.29 is 49.0 Å². The SMILES string of the molecule is CCCCCC/C=C\CCCCCCCCCC(=O)OC[C@H](CO[C@H]1O[C@H](CO)[C@@H](O)[C@H](O)[C@H]1O)OC(=O)CCCCCCCCCCCCCCC. The van der Waals surface area contributed by atoms with Crippen molar-refractivity contribution in [2.24, 2.45) is 0 Å². The van der Waals surface area contributed by atoms with Crippen LogP contribution in [0.2, 0.25) is 0 Å². The van der Waals surface area contributed by atoms with E-state index in [0.717, 1.165) is 51.4 Å². The highest BCUT2D eigenvalue weighted by atomic mass is 16.7. The lowest BCUT2D eigenvalue weighted by atomic mass is 9.99. The van der Waals surface area contributed by atoms with Crippen LogP contribution in [0.4, 0.5) is 0 Å². The molecule has 6 atom stereocenters. The maximum Gasteiger partial charge on any atom is 0.306 e. The molecule has 1 saturated heterocycles. The summed E-state index contributed by atoms with van der Waals surface area (Å²) in [5, 5.41) is 40.0. The zero-order valence-electron chi connectivity index (χ0n) is 33.8. The van der Waals surface area contributed by atoms with Crippen LogP contribution in [0.5, 0.6) is 0 Å². The van der Waals surface area contributed by atoms with Gasteiger partial charge in [0, 0.05) is 12.8 Å². The summed E-state index contributed by atoms with van der Waals surface area (Å²) in [6.45, 7) is 3.41. The zero-order chi connectivity index (χ0) is 38.8. The highest BCUT2D eigenvalue weighted by Crippen LogP contribution is 2.23. The Labute approximate surface area is 322 Å². The van der Waals surface area contributed by atoms with Gasteiger partial charge in [0.25, 0.3) is 0 Å². The molecule has 10 heteroatoms. The largest absolute Gasteiger partial charge is 0.462 e. The minimum absolute atomic E-state index is 0.214. The van der Waals surface area contributed by atoms with Gasteiger partial charge in [-0.05, 0) is 38.5 Å². The standard InChI is InChI=1S/C43H80O10/c1-3-5-7-9-11-13-15-17-18-20-21-23-25-27-29-31-38(45)50-34-36(35-51-43-42(49)41(48)40(47)37(33-44)53-43)52-39(46)32-30-28-26-24-22-19-16-14-12-10-8-6-4-2/h13,15,36-37,40-44,47-49H,3-12,14,16-35H2,1-2H3/b15-13-/t36-,37-,40-,41+,42-,43+/m1/s1. The van der Waals surface area contributed by atoms with Crippen molar-refractivity contribution in [1.82, 2.24) is 0 Å². The Kier molecular flexibility index (Phi) is 32.6. The fraction of sp³-hybridized carbons (Fsp3) is 0.907. The second-order valence-electron chi connectivity index (χ2n) is 15.2. The fourth-order valence-electron chi connectivity index (χ4n) is 6.65. The van der Waals surface area contributed by atoms with E-state index in [0.29, 0.717) is 6.42 Å².